The van der Waals surface area contributed by atoms with Gasteiger partial charge in [-0.3, -0.25) is 4.79 Å². The summed E-state index contributed by atoms with van der Waals surface area (Å²) in [5.74, 6) is -1.05. The van der Waals surface area contributed by atoms with E-state index in [1.807, 2.05) is 0 Å². The van der Waals surface area contributed by atoms with Crippen molar-refractivity contribution >= 4 is 23.3 Å². The lowest BCUT2D eigenvalue weighted by Crippen LogP contribution is -2.10. The fraction of sp³-hybridized carbons (Fsp3) is 0.250. The number of pyridine rings is 1. The van der Waals surface area contributed by atoms with Gasteiger partial charge in [0.25, 0.3) is 0 Å². The average Bonchev–Trinajstić information content (AvgIpc) is 2.06. The number of hydrogen-bond acceptors (Lipinski definition) is 2. The molecule has 0 spiro atoms. The van der Waals surface area contributed by atoms with Crippen molar-refractivity contribution in [2.45, 2.75) is 13.8 Å². The third kappa shape index (κ3) is 2.15. The zero-order chi connectivity index (χ0) is 10.0. The number of aromatic nitrogens is 1. The van der Waals surface area contributed by atoms with E-state index in [4.69, 9.17) is 11.6 Å². The van der Waals surface area contributed by atoms with Crippen molar-refractivity contribution in [2.24, 2.45) is 0 Å². The zero-order valence-electron chi connectivity index (χ0n) is 7.19. The Bertz CT molecular complexity index is 354. The molecule has 1 aromatic heterocycles. The zero-order valence-corrected chi connectivity index (χ0v) is 7.94. The fourth-order valence-electron chi connectivity index (χ4n) is 0.811. The molecule has 5 heteroatoms. The van der Waals surface area contributed by atoms with Crippen LogP contribution in [0.25, 0.3) is 0 Å². The maximum absolute atomic E-state index is 13.3. The summed E-state index contributed by atoms with van der Waals surface area (Å²) in [7, 11) is 0. The van der Waals surface area contributed by atoms with Crippen LogP contribution in [-0.4, -0.2) is 10.9 Å². The topological polar surface area (TPSA) is 42.0 Å². The van der Waals surface area contributed by atoms with Gasteiger partial charge in [-0.15, -0.1) is 0 Å². The van der Waals surface area contributed by atoms with Gasteiger partial charge in [0.2, 0.25) is 5.91 Å². The van der Waals surface area contributed by atoms with Crippen LogP contribution in [0.15, 0.2) is 6.20 Å². The van der Waals surface area contributed by atoms with Gasteiger partial charge in [-0.05, 0) is 6.92 Å². The highest BCUT2D eigenvalue weighted by Gasteiger charge is 2.10. The second-order valence-electron chi connectivity index (χ2n) is 2.57. The van der Waals surface area contributed by atoms with Gasteiger partial charge in [0.1, 0.15) is 0 Å². The number of hydrogen-bond donors (Lipinski definition) is 1. The molecule has 0 fully saturated rings. The second-order valence-corrected chi connectivity index (χ2v) is 2.98. The van der Waals surface area contributed by atoms with Crippen LogP contribution < -0.4 is 5.32 Å². The third-order valence-electron chi connectivity index (χ3n) is 1.50. The quantitative estimate of drug-likeness (QED) is 0.758. The van der Waals surface area contributed by atoms with Gasteiger partial charge in [-0.2, -0.15) is 0 Å². The van der Waals surface area contributed by atoms with Crippen LogP contribution in [0.4, 0.5) is 10.2 Å². The van der Waals surface area contributed by atoms with Crippen LogP contribution in [0, 0.1) is 12.7 Å². The van der Waals surface area contributed by atoms with Crippen molar-refractivity contribution in [3.63, 3.8) is 0 Å². The van der Waals surface area contributed by atoms with Crippen LogP contribution >= 0.6 is 11.6 Å². The predicted octanol–water partition coefficient (Wildman–Crippen LogP) is 2.14. The Labute approximate surface area is 79.9 Å². The summed E-state index contributed by atoms with van der Waals surface area (Å²) in [5, 5.41) is 2.50. The highest BCUT2D eigenvalue weighted by Crippen LogP contribution is 2.21. The number of amides is 1. The maximum atomic E-state index is 13.3. The van der Waals surface area contributed by atoms with Crippen LogP contribution in [-0.2, 0) is 4.79 Å². The highest BCUT2D eigenvalue weighted by molar-refractivity contribution is 6.31. The fourth-order valence-corrected chi connectivity index (χ4v) is 0.943. The molecule has 1 aromatic rings. The van der Waals surface area contributed by atoms with Crippen LogP contribution in [0.3, 0.4) is 0 Å². The van der Waals surface area contributed by atoms with E-state index in [0.29, 0.717) is 0 Å². The van der Waals surface area contributed by atoms with Gasteiger partial charge in [-0.1, -0.05) is 11.6 Å². The molecular weight excluding hydrogens is 195 g/mol. The summed E-state index contributed by atoms with van der Waals surface area (Å²) in [5.41, 5.74) is 0.278. The van der Waals surface area contributed by atoms with E-state index in [1.165, 1.54) is 20.0 Å². The molecule has 0 saturated heterocycles. The molecule has 0 unspecified atom stereocenters. The van der Waals surface area contributed by atoms with E-state index in [2.05, 4.69) is 10.3 Å². The maximum Gasteiger partial charge on any atom is 0.222 e. The van der Waals surface area contributed by atoms with Gasteiger partial charge in [0, 0.05) is 18.7 Å². The first-order valence-corrected chi connectivity index (χ1v) is 3.98. The minimum absolute atomic E-state index is 0.0885. The average molecular weight is 203 g/mol. The standard InChI is InChI=1S/C8H8ClFN2O/c1-4-6(9)3-11-8(7(4)10)12-5(2)13/h3H,1-2H3,(H,11,12,13). The molecule has 0 aromatic carbocycles. The van der Waals surface area contributed by atoms with E-state index in [-0.39, 0.29) is 22.3 Å². The molecule has 0 atom stereocenters. The molecule has 13 heavy (non-hydrogen) atoms. The van der Waals surface area contributed by atoms with Crippen molar-refractivity contribution in [1.82, 2.24) is 4.98 Å². The molecule has 0 saturated carbocycles. The molecule has 1 rings (SSSR count). The molecule has 3 nitrogen and oxygen atoms in total. The molecule has 0 aliphatic rings. The minimum Gasteiger partial charge on any atom is -0.308 e. The molecule has 0 bridgehead atoms. The Morgan fingerprint density at radius 2 is 2.31 bits per heavy atom. The first-order valence-electron chi connectivity index (χ1n) is 3.60. The largest absolute Gasteiger partial charge is 0.308 e. The number of carbonyl (C=O) groups is 1. The molecule has 0 radical (unpaired) electrons. The number of nitrogens with one attached hydrogen (secondary N) is 1. The summed E-state index contributed by atoms with van der Waals surface area (Å²) in [6, 6.07) is 0. The number of nitrogens with zero attached hydrogens (tertiary/aromatic N) is 1. The Morgan fingerprint density at radius 3 is 2.85 bits per heavy atom. The van der Waals surface area contributed by atoms with Gasteiger partial charge >= 0.3 is 0 Å². The second kappa shape index (κ2) is 3.70. The molecule has 1 amide bonds. The van der Waals surface area contributed by atoms with Crippen molar-refractivity contribution in [1.29, 1.82) is 0 Å². The van der Waals surface area contributed by atoms with Gasteiger partial charge < -0.3 is 5.32 Å². The summed E-state index contributed by atoms with van der Waals surface area (Å²) < 4.78 is 13.3. The first kappa shape index (κ1) is 9.92. The number of carbonyl (C=O) groups excluding carboxylic acids is 1. The SMILES string of the molecule is CC(=O)Nc1ncc(Cl)c(C)c1F. The first-order chi connectivity index (χ1) is 6.02. The van der Waals surface area contributed by atoms with Gasteiger partial charge in [-0.25, -0.2) is 9.37 Å². The Morgan fingerprint density at radius 1 is 1.69 bits per heavy atom. The van der Waals surface area contributed by atoms with Gasteiger partial charge in [0.15, 0.2) is 11.6 Å². The molecule has 0 aliphatic heterocycles. The van der Waals surface area contributed by atoms with Crippen molar-refractivity contribution in [2.75, 3.05) is 5.32 Å². The minimum atomic E-state index is -0.595. The lowest BCUT2D eigenvalue weighted by atomic mass is 10.3. The number of anilines is 1. The highest BCUT2D eigenvalue weighted by atomic mass is 35.5. The number of halogens is 2. The molecular formula is C8H8ClFN2O. The Kier molecular flexibility index (Phi) is 2.83. The lowest BCUT2D eigenvalue weighted by Gasteiger charge is -2.05. The predicted molar refractivity (Wildman–Crippen MR) is 48.2 cm³/mol. The molecule has 0 aliphatic carbocycles. The van der Waals surface area contributed by atoms with Gasteiger partial charge in [0.05, 0.1) is 5.02 Å². The third-order valence-corrected chi connectivity index (χ3v) is 1.88. The lowest BCUT2D eigenvalue weighted by molar-refractivity contribution is -0.114. The normalized spacial score (nSPS) is 9.85. The summed E-state index contributed by atoms with van der Waals surface area (Å²) in [4.78, 5) is 14.3. The Balaban J connectivity index is 3.10. The van der Waals surface area contributed by atoms with E-state index < -0.39 is 5.82 Å². The Hall–Kier alpha value is -1.16. The van der Waals surface area contributed by atoms with Crippen molar-refractivity contribution < 1.29 is 9.18 Å². The monoisotopic (exact) mass is 202 g/mol. The van der Waals surface area contributed by atoms with E-state index >= 15 is 0 Å². The summed E-state index contributed by atoms with van der Waals surface area (Å²) in [6.45, 7) is 2.80. The van der Waals surface area contributed by atoms with Crippen molar-refractivity contribution in [3.8, 4) is 0 Å². The smallest absolute Gasteiger partial charge is 0.222 e. The van der Waals surface area contributed by atoms with Crippen LogP contribution in [0.2, 0.25) is 5.02 Å². The van der Waals surface area contributed by atoms with E-state index in [1.54, 1.807) is 0 Å². The van der Waals surface area contributed by atoms with Crippen molar-refractivity contribution in [3.05, 3.63) is 22.6 Å². The number of rotatable bonds is 1. The van der Waals surface area contributed by atoms with Crippen LogP contribution in [0.1, 0.15) is 12.5 Å². The summed E-state index contributed by atoms with van der Waals surface area (Å²) in [6.07, 6.45) is 1.30. The van der Waals surface area contributed by atoms with E-state index in [9.17, 15) is 9.18 Å². The molecule has 70 valence electrons. The summed E-state index contributed by atoms with van der Waals surface area (Å²) >= 11 is 5.61. The molecule has 1 N–H and O–H groups in total. The van der Waals surface area contributed by atoms with E-state index in [0.717, 1.165) is 0 Å². The van der Waals surface area contributed by atoms with Crippen LogP contribution in [0.5, 0.6) is 0 Å². The molecule has 1 heterocycles.